The average molecular weight is 440 g/mol. The second kappa shape index (κ2) is 8.65. The molecule has 0 aliphatic rings. The van der Waals surface area contributed by atoms with Crippen LogP contribution in [-0.4, -0.2) is 15.9 Å². The van der Waals surface area contributed by atoms with Crippen molar-refractivity contribution in [1.82, 2.24) is 15.3 Å². The number of rotatable bonds is 5. The quantitative estimate of drug-likeness (QED) is 0.440. The number of nitrogens with zero attached hydrogens (tertiary/aromatic N) is 2. The number of amides is 1. The third-order valence-corrected chi connectivity index (χ3v) is 5.03. The lowest BCUT2D eigenvalue weighted by Gasteiger charge is -2.14. The molecule has 1 amide bonds. The Hall–Kier alpha value is -3.58. The van der Waals surface area contributed by atoms with Gasteiger partial charge in [0.05, 0.1) is 17.9 Å². The highest BCUT2D eigenvalue weighted by Crippen LogP contribution is 2.32. The average Bonchev–Trinajstić information content (AvgIpc) is 2.74. The molecule has 4 aromatic rings. The Balaban J connectivity index is 1.58. The van der Waals surface area contributed by atoms with Crippen molar-refractivity contribution >= 4 is 28.4 Å². The van der Waals surface area contributed by atoms with E-state index in [-0.39, 0.29) is 12.1 Å². The van der Waals surface area contributed by atoms with Gasteiger partial charge in [-0.05, 0) is 43.3 Å². The van der Waals surface area contributed by atoms with E-state index in [9.17, 15) is 13.6 Å². The highest BCUT2D eigenvalue weighted by molar-refractivity contribution is 6.31. The summed E-state index contributed by atoms with van der Waals surface area (Å²) in [6.45, 7) is 1.43. The van der Waals surface area contributed by atoms with Crippen LogP contribution < -0.4 is 10.1 Å². The van der Waals surface area contributed by atoms with Crippen LogP contribution in [-0.2, 0) is 6.54 Å². The molecule has 0 fully saturated rings. The highest BCUT2D eigenvalue weighted by atomic mass is 35.5. The summed E-state index contributed by atoms with van der Waals surface area (Å²) in [5.74, 6) is -1.10. The maximum absolute atomic E-state index is 13.8. The number of fused-ring (bicyclic) bond motifs is 1. The van der Waals surface area contributed by atoms with Gasteiger partial charge in [-0.3, -0.25) is 14.8 Å². The van der Waals surface area contributed by atoms with Gasteiger partial charge in [-0.25, -0.2) is 8.78 Å². The molecule has 8 heteroatoms. The second-order valence-electron chi connectivity index (χ2n) is 6.77. The molecule has 2 heterocycles. The summed E-state index contributed by atoms with van der Waals surface area (Å²) in [6, 6.07) is 12.0. The van der Waals surface area contributed by atoms with Gasteiger partial charge < -0.3 is 10.1 Å². The Morgan fingerprint density at radius 3 is 2.65 bits per heavy atom. The van der Waals surface area contributed by atoms with E-state index in [0.717, 1.165) is 17.8 Å². The number of pyridine rings is 2. The first-order valence-corrected chi connectivity index (χ1v) is 9.69. The van der Waals surface area contributed by atoms with E-state index in [4.69, 9.17) is 16.3 Å². The van der Waals surface area contributed by atoms with Crippen LogP contribution in [0.15, 0.2) is 61.1 Å². The van der Waals surface area contributed by atoms with Crippen molar-refractivity contribution in [3.05, 3.63) is 94.4 Å². The molecule has 0 aliphatic heterocycles. The van der Waals surface area contributed by atoms with Crippen molar-refractivity contribution in [3.63, 3.8) is 0 Å². The van der Waals surface area contributed by atoms with Gasteiger partial charge in [-0.1, -0.05) is 17.7 Å². The number of halogens is 3. The summed E-state index contributed by atoms with van der Waals surface area (Å²) in [5, 5.41) is 3.87. The molecule has 0 saturated carbocycles. The maximum Gasteiger partial charge on any atom is 0.251 e. The molecule has 0 unspecified atom stereocenters. The Morgan fingerprint density at radius 1 is 1.10 bits per heavy atom. The van der Waals surface area contributed by atoms with E-state index in [1.807, 2.05) is 6.07 Å². The molecule has 0 spiro atoms. The number of aromatic nitrogens is 2. The zero-order chi connectivity index (χ0) is 22.0. The zero-order valence-electron chi connectivity index (χ0n) is 16.3. The van der Waals surface area contributed by atoms with Gasteiger partial charge >= 0.3 is 0 Å². The van der Waals surface area contributed by atoms with E-state index < -0.39 is 17.5 Å². The fourth-order valence-electron chi connectivity index (χ4n) is 3.14. The molecule has 1 N–H and O–H groups in total. The lowest BCUT2D eigenvalue weighted by atomic mass is 10.1. The number of hydrogen-bond donors (Lipinski definition) is 1. The molecule has 2 aromatic carbocycles. The van der Waals surface area contributed by atoms with Crippen LogP contribution in [0, 0.1) is 18.6 Å². The molecule has 0 aliphatic carbocycles. The number of nitrogens with one attached hydrogen (secondary N) is 1. The van der Waals surface area contributed by atoms with Crippen LogP contribution in [0.1, 0.15) is 21.5 Å². The molecule has 0 radical (unpaired) electrons. The molecular formula is C23H16ClF2N3O2. The first-order chi connectivity index (χ1) is 14.9. The molecule has 0 saturated heterocycles. The van der Waals surface area contributed by atoms with E-state index >= 15 is 0 Å². The Kier molecular flexibility index (Phi) is 5.77. The fraction of sp³-hybridized carbons (Fsp3) is 0.0870. The molecule has 0 atom stereocenters. The zero-order valence-corrected chi connectivity index (χ0v) is 17.1. The summed E-state index contributed by atoms with van der Waals surface area (Å²) >= 11 is 6.03. The van der Waals surface area contributed by atoms with Crippen molar-refractivity contribution in [1.29, 1.82) is 0 Å². The molecule has 2 aromatic heterocycles. The molecule has 156 valence electrons. The summed E-state index contributed by atoms with van der Waals surface area (Å²) in [6.07, 6.45) is 3.41. The minimum absolute atomic E-state index is 0.254. The summed E-state index contributed by atoms with van der Waals surface area (Å²) in [4.78, 5) is 20.4. The Labute approximate surface area is 181 Å². The second-order valence-corrected chi connectivity index (χ2v) is 7.20. The summed E-state index contributed by atoms with van der Waals surface area (Å²) < 4.78 is 33.6. The van der Waals surface area contributed by atoms with Crippen molar-refractivity contribution in [2.45, 2.75) is 13.5 Å². The minimum atomic E-state index is -0.821. The monoisotopic (exact) mass is 439 g/mol. The van der Waals surface area contributed by atoms with Crippen molar-refractivity contribution < 1.29 is 18.3 Å². The minimum Gasteiger partial charge on any atom is -0.456 e. The van der Waals surface area contributed by atoms with Crippen LogP contribution in [0.2, 0.25) is 5.02 Å². The number of hydrogen-bond acceptors (Lipinski definition) is 4. The van der Waals surface area contributed by atoms with E-state index in [1.165, 1.54) is 0 Å². The van der Waals surface area contributed by atoms with Crippen LogP contribution in [0.4, 0.5) is 8.78 Å². The maximum atomic E-state index is 13.8. The fourth-order valence-corrected chi connectivity index (χ4v) is 3.31. The molecule has 31 heavy (non-hydrogen) atoms. The lowest BCUT2D eigenvalue weighted by Crippen LogP contribution is -2.25. The highest BCUT2D eigenvalue weighted by Gasteiger charge is 2.16. The largest absolute Gasteiger partial charge is 0.456 e. The van der Waals surface area contributed by atoms with Gasteiger partial charge in [0.25, 0.3) is 5.91 Å². The van der Waals surface area contributed by atoms with Gasteiger partial charge in [-0.15, -0.1) is 0 Å². The lowest BCUT2D eigenvalue weighted by molar-refractivity contribution is 0.0949. The van der Waals surface area contributed by atoms with Crippen LogP contribution in [0.3, 0.4) is 0 Å². The van der Waals surface area contributed by atoms with Crippen molar-refractivity contribution in [2.75, 3.05) is 0 Å². The standard InChI is InChI=1S/C23H16ClF2N3O2/c1-13-15(23(30)29-10-17-18(25)11-27-12-19(17)26)3-2-4-21(13)31-22-7-8-28-20-9-14(24)5-6-16(20)22/h2-9,11-12H,10H2,1H3,(H,29,30). The normalized spacial score (nSPS) is 10.8. The predicted octanol–water partition coefficient (Wildman–Crippen LogP) is 5.59. The van der Waals surface area contributed by atoms with E-state index in [0.29, 0.717) is 33.2 Å². The van der Waals surface area contributed by atoms with Crippen molar-refractivity contribution in [2.24, 2.45) is 0 Å². The van der Waals surface area contributed by atoms with Gasteiger partial charge in [-0.2, -0.15) is 0 Å². The summed E-state index contributed by atoms with van der Waals surface area (Å²) in [5.41, 5.74) is 1.33. The summed E-state index contributed by atoms with van der Waals surface area (Å²) in [7, 11) is 0. The molecular weight excluding hydrogens is 424 g/mol. The third-order valence-electron chi connectivity index (χ3n) is 4.79. The van der Waals surface area contributed by atoms with Gasteiger partial charge in [0.2, 0.25) is 0 Å². The third kappa shape index (κ3) is 4.32. The van der Waals surface area contributed by atoms with Crippen LogP contribution in [0.5, 0.6) is 11.5 Å². The SMILES string of the molecule is Cc1c(Oc2ccnc3cc(Cl)ccc23)cccc1C(=O)NCc1c(F)cncc1F. The first-order valence-electron chi connectivity index (χ1n) is 9.32. The number of ether oxygens (including phenoxy) is 1. The number of benzene rings is 2. The first kappa shape index (κ1) is 20.7. The molecule has 0 bridgehead atoms. The van der Waals surface area contributed by atoms with E-state index in [1.54, 1.807) is 49.5 Å². The topological polar surface area (TPSA) is 64.1 Å². The van der Waals surface area contributed by atoms with Crippen LogP contribution in [0.25, 0.3) is 10.9 Å². The van der Waals surface area contributed by atoms with E-state index in [2.05, 4.69) is 15.3 Å². The van der Waals surface area contributed by atoms with Gasteiger partial charge in [0.1, 0.15) is 23.1 Å². The molecule has 4 rings (SSSR count). The Bertz CT molecular complexity index is 1280. The predicted molar refractivity (Wildman–Crippen MR) is 113 cm³/mol. The Morgan fingerprint density at radius 2 is 1.87 bits per heavy atom. The number of carbonyl (C=O) groups is 1. The smallest absolute Gasteiger partial charge is 0.251 e. The van der Waals surface area contributed by atoms with Gasteiger partial charge in [0, 0.05) is 39.8 Å². The number of carbonyl (C=O) groups excluding carboxylic acids is 1. The molecule has 5 nitrogen and oxygen atoms in total. The van der Waals surface area contributed by atoms with Crippen LogP contribution >= 0.6 is 11.6 Å². The van der Waals surface area contributed by atoms with Gasteiger partial charge in [0.15, 0.2) is 0 Å². The van der Waals surface area contributed by atoms with Crippen molar-refractivity contribution in [3.8, 4) is 11.5 Å².